The second kappa shape index (κ2) is 3.22. The second-order valence-corrected chi connectivity index (χ2v) is 3.49. The standard InChI is InChI=1S/C10H16O/c1-7(2)10-5-4-9(11)6-8(10)3/h9-11H,1,3-6H2,2H3. The van der Waals surface area contributed by atoms with Crippen LogP contribution < -0.4 is 0 Å². The Labute approximate surface area is 68.4 Å². The van der Waals surface area contributed by atoms with Crippen molar-refractivity contribution in [1.29, 1.82) is 0 Å². The normalized spacial score (nSPS) is 32.0. The summed E-state index contributed by atoms with van der Waals surface area (Å²) in [6.07, 6.45) is 2.53. The summed E-state index contributed by atoms with van der Waals surface area (Å²) < 4.78 is 0. The Bertz CT molecular complexity index is 181. The number of rotatable bonds is 1. The van der Waals surface area contributed by atoms with Gasteiger partial charge in [0, 0.05) is 5.92 Å². The van der Waals surface area contributed by atoms with Crippen molar-refractivity contribution >= 4 is 0 Å². The van der Waals surface area contributed by atoms with E-state index >= 15 is 0 Å². The lowest BCUT2D eigenvalue weighted by molar-refractivity contribution is 0.140. The van der Waals surface area contributed by atoms with Crippen molar-refractivity contribution < 1.29 is 5.11 Å². The lowest BCUT2D eigenvalue weighted by Crippen LogP contribution is -2.20. The van der Waals surface area contributed by atoms with Gasteiger partial charge in [0.2, 0.25) is 0 Å². The highest BCUT2D eigenvalue weighted by molar-refractivity contribution is 5.17. The molecule has 1 N–H and O–H groups in total. The van der Waals surface area contributed by atoms with Gasteiger partial charge in [-0.3, -0.25) is 0 Å². The van der Waals surface area contributed by atoms with Gasteiger partial charge in [0.15, 0.2) is 0 Å². The molecule has 0 radical (unpaired) electrons. The average Bonchev–Trinajstić information content (AvgIpc) is 1.85. The van der Waals surface area contributed by atoms with Crippen molar-refractivity contribution in [3.8, 4) is 0 Å². The molecule has 0 aromatic rings. The van der Waals surface area contributed by atoms with E-state index in [0.717, 1.165) is 24.8 Å². The lowest BCUT2D eigenvalue weighted by atomic mass is 9.80. The maximum absolute atomic E-state index is 9.29. The number of allylic oxidation sites excluding steroid dienone is 1. The van der Waals surface area contributed by atoms with E-state index < -0.39 is 0 Å². The van der Waals surface area contributed by atoms with Gasteiger partial charge in [0.25, 0.3) is 0 Å². The third-order valence-electron chi connectivity index (χ3n) is 2.37. The Hall–Kier alpha value is -0.560. The fourth-order valence-corrected chi connectivity index (χ4v) is 1.71. The van der Waals surface area contributed by atoms with Crippen LogP contribution in [-0.4, -0.2) is 11.2 Å². The molecule has 1 nitrogen and oxygen atoms in total. The van der Waals surface area contributed by atoms with Crippen molar-refractivity contribution in [3.05, 3.63) is 24.3 Å². The first kappa shape index (κ1) is 8.54. The third-order valence-corrected chi connectivity index (χ3v) is 2.37. The van der Waals surface area contributed by atoms with E-state index in [1.807, 2.05) is 6.92 Å². The van der Waals surface area contributed by atoms with Crippen molar-refractivity contribution in [1.82, 2.24) is 0 Å². The van der Waals surface area contributed by atoms with E-state index in [2.05, 4.69) is 13.2 Å². The molecule has 2 unspecified atom stereocenters. The minimum Gasteiger partial charge on any atom is -0.393 e. The van der Waals surface area contributed by atoms with Crippen LogP contribution in [0.3, 0.4) is 0 Å². The molecule has 1 fully saturated rings. The maximum atomic E-state index is 9.29. The van der Waals surface area contributed by atoms with Gasteiger partial charge < -0.3 is 5.11 Å². The molecule has 0 heterocycles. The molecule has 0 aromatic carbocycles. The fourth-order valence-electron chi connectivity index (χ4n) is 1.71. The molecule has 2 atom stereocenters. The monoisotopic (exact) mass is 152 g/mol. The number of aliphatic hydroxyl groups is 1. The molecule has 1 saturated carbocycles. The van der Waals surface area contributed by atoms with E-state index in [9.17, 15) is 5.11 Å². The molecule has 0 aliphatic heterocycles. The molecular weight excluding hydrogens is 136 g/mol. The van der Waals surface area contributed by atoms with Gasteiger partial charge in [-0.05, 0) is 26.2 Å². The van der Waals surface area contributed by atoms with Crippen LogP contribution in [-0.2, 0) is 0 Å². The Balaban J connectivity index is 2.58. The van der Waals surface area contributed by atoms with Crippen LogP contribution in [0, 0.1) is 5.92 Å². The van der Waals surface area contributed by atoms with Crippen LogP contribution in [0.1, 0.15) is 26.2 Å². The maximum Gasteiger partial charge on any atom is 0.0577 e. The van der Waals surface area contributed by atoms with E-state index in [0.29, 0.717) is 5.92 Å². The van der Waals surface area contributed by atoms with Crippen molar-refractivity contribution in [2.24, 2.45) is 5.92 Å². The third kappa shape index (κ3) is 1.93. The molecule has 11 heavy (non-hydrogen) atoms. The van der Waals surface area contributed by atoms with Gasteiger partial charge in [-0.15, -0.1) is 0 Å². The summed E-state index contributed by atoms with van der Waals surface area (Å²) in [6, 6.07) is 0. The molecule has 0 saturated heterocycles. The zero-order valence-electron chi connectivity index (χ0n) is 7.14. The molecule has 0 amide bonds. The first-order valence-electron chi connectivity index (χ1n) is 4.12. The van der Waals surface area contributed by atoms with Crippen LogP contribution in [0.15, 0.2) is 24.3 Å². The van der Waals surface area contributed by atoms with Crippen LogP contribution in [0.2, 0.25) is 0 Å². The second-order valence-electron chi connectivity index (χ2n) is 3.49. The predicted molar refractivity (Wildman–Crippen MR) is 47.3 cm³/mol. The minimum atomic E-state index is -0.155. The highest BCUT2D eigenvalue weighted by Crippen LogP contribution is 2.32. The molecule has 1 aliphatic rings. The highest BCUT2D eigenvalue weighted by Gasteiger charge is 2.22. The Morgan fingerprint density at radius 1 is 1.55 bits per heavy atom. The lowest BCUT2D eigenvalue weighted by Gasteiger charge is -2.28. The molecular formula is C10H16O. The summed E-state index contributed by atoms with van der Waals surface area (Å²) in [5.41, 5.74) is 2.33. The van der Waals surface area contributed by atoms with E-state index in [1.165, 1.54) is 5.57 Å². The van der Waals surface area contributed by atoms with Gasteiger partial charge in [0.1, 0.15) is 0 Å². The summed E-state index contributed by atoms with van der Waals surface area (Å²) in [5.74, 6) is 0.457. The van der Waals surface area contributed by atoms with Crippen molar-refractivity contribution in [2.45, 2.75) is 32.3 Å². The molecule has 1 heteroatoms. The Kier molecular flexibility index (Phi) is 2.50. The van der Waals surface area contributed by atoms with Crippen molar-refractivity contribution in [3.63, 3.8) is 0 Å². The van der Waals surface area contributed by atoms with E-state index in [-0.39, 0.29) is 6.10 Å². The van der Waals surface area contributed by atoms with E-state index in [4.69, 9.17) is 0 Å². The Morgan fingerprint density at radius 2 is 2.18 bits per heavy atom. The Morgan fingerprint density at radius 3 is 2.64 bits per heavy atom. The molecule has 1 aliphatic carbocycles. The summed E-state index contributed by atoms with van der Waals surface area (Å²) >= 11 is 0. The summed E-state index contributed by atoms with van der Waals surface area (Å²) in [7, 11) is 0. The van der Waals surface area contributed by atoms with Crippen LogP contribution in [0.4, 0.5) is 0 Å². The highest BCUT2D eigenvalue weighted by atomic mass is 16.3. The molecule has 0 aromatic heterocycles. The van der Waals surface area contributed by atoms with Crippen molar-refractivity contribution in [2.75, 3.05) is 0 Å². The minimum absolute atomic E-state index is 0.155. The van der Waals surface area contributed by atoms with Crippen LogP contribution in [0.5, 0.6) is 0 Å². The SMILES string of the molecule is C=C(C)C1CCC(O)CC1=C. The fraction of sp³-hybridized carbons (Fsp3) is 0.600. The first-order chi connectivity index (χ1) is 5.11. The summed E-state index contributed by atoms with van der Waals surface area (Å²) in [5, 5.41) is 9.29. The number of hydrogen-bond acceptors (Lipinski definition) is 1. The zero-order valence-corrected chi connectivity index (χ0v) is 7.14. The van der Waals surface area contributed by atoms with Gasteiger partial charge in [0.05, 0.1) is 6.10 Å². The summed E-state index contributed by atoms with van der Waals surface area (Å²) in [6.45, 7) is 9.89. The first-order valence-corrected chi connectivity index (χ1v) is 4.12. The number of hydrogen-bond donors (Lipinski definition) is 1. The average molecular weight is 152 g/mol. The quantitative estimate of drug-likeness (QED) is 0.571. The van der Waals surface area contributed by atoms with Gasteiger partial charge >= 0.3 is 0 Å². The van der Waals surface area contributed by atoms with Gasteiger partial charge in [-0.1, -0.05) is 24.3 Å². The predicted octanol–water partition coefficient (Wildman–Crippen LogP) is 2.28. The smallest absolute Gasteiger partial charge is 0.0577 e. The number of aliphatic hydroxyl groups excluding tert-OH is 1. The molecule has 62 valence electrons. The molecule has 0 spiro atoms. The summed E-state index contributed by atoms with van der Waals surface area (Å²) in [4.78, 5) is 0. The zero-order chi connectivity index (χ0) is 8.43. The van der Waals surface area contributed by atoms with Gasteiger partial charge in [-0.2, -0.15) is 0 Å². The largest absolute Gasteiger partial charge is 0.393 e. The van der Waals surface area contributed by atoms with Gasteiger partial charge in [-0.25, -0.2) is 0 Å². The van der Waals surface area contributed by atoms with E-state index in [1.54, 1.807) is 0 Å². The molecule has 0 bridgehead atoms. The van der Waals surface area contributed by atoms with Crippen LogP contribution in [0.25, 0.3) is 0 Å². The topological polar surface area (TPSA) is 20.2 Å². The van der Waals surface area contributed by atoms with Crippen LogP contribution >= 0.6 is 0 Å². The molecule has 1 rings (SSSR count).